The van der Waals surface area contributed by atoms with Gasteiger partial charge in [-0.1, -0.05) is 35.3 Å². The molecule has 108 valence electrons. The van der Waals surface area contributed by atoms with E-state index in [-0.39, 0.29) is 5.52 Å². The summed E-state index contributed by atoms with van der Waals surface area (Å²) in [6.07, 6.45) is 1.55. The van der Waals surface area contributed by atoms with Gasteiger partial charge < -0.3 is 4.42 Å². The zero-order chi connectivity index (χ0) is 15.3. The maximum absolute atomic E-state index is 12.1. The van der Waals surface area contributed by atoms with Gasteiger partial charge >= 0.3 is 5.63 Å². The number of fused-ring (bicyclic) bond motifs is 3. The van der Waals surface area contributed by atoms with E-state index in [1.54, 1.807) is 35.2 Å². The minimum Gasteiger partial charge on any atom is -0.421 e. The van der Waals surface area contributed by atoms with Crippen molar-refractivity contribution >= 4 is 45.2 Å². The molecule has 4 nitrogen and oxygen atoms in total. The summed E-state index contributed by atoms with van der Waals surface area (Å²) in [7, 11) is 0. The molecule has 0 bridgehead atoms. The van der Waals surface area contributed by atoms with Crippen LogP contribution in [0.2, 0.25) is 10.0 Å². The Hall–Kier alpha value is -2.30. The zero-order valence-corrected chi connectivity index (χ0v) is 12.6. The van der Waals surface area contributed by atoms with Crippen LogP contribution >= 0.6 is 23.2 Å². The van der Waals surface area contributed by atoms with Crippen LogP contribution in [-0.4, -0.2) is 9.55 Å². The van der Waals surface area contributed by atoms with Crippen molar-refractivity contribution in [2.45, 2.75) is 0 Å². The summed E-state index contributed by atoms with van der Waals surface area (Å²) in [6, 6.07) is 12.4. The van der Waals surface area contributed by atoms with Gasteiger partial charge in [-0.15, -0.1) is 0 Å². The topological polar surface area (TPSA) is 48.0 Å². The first-order chi connectivity index (χ1) is 10.6. The fraction of sp³-hybridized carbons (Fsp3) is 0. The molecule has 22 heavy (non-hydrogen) atoms. The number of imidazole rings is 1. The van der Waals surface area contributed by atoms with E-state index in [1.807, 2.05) is 18.2 Å². The lowest BCUT2D eigenvalue weighted by molar-refractivity contribution is 0.568. The van der Waals surface area contributed by atoms with Crippen LogP contribution in [0.25, 0.3) is 27.7 Å². The lowest BCUT2D eigenvalue weighted by Crippen LogP contribution is -2.01. The third-order valence-electron chi connectivity index (χ3n) is 3.47. The minimum atomic E-state index is -0.481. The van der Waals surface area contributed by atoms with Crippen molar-refractivity contribution in [2.24, 2.45) is 0 Å². The molecule has 4 rings (SSSR count). The van der Waals surface area contributed by atoms with Crippen molar-refractivity contribution in [3.63, 3.8) is 0 Å². The molecule has 0 aliphatic carbocycles. The number of halogens is 2. The Kier molecular flexibility index (Phi) is 2.96. The molecule has 2 aromatic heterocycles. The monoisotopic (exact) mass is 330 g/mol. The molecule has 0 unspecified atom stereocenters. The molecule has 2 heterocycles. The standard InChI is InChI=1S/C16H8Cl2N2O2/c17-9-5-6-11(18)12(7-9)20-8-19-14-15(20)10-3-1-2-4-13(10)22-16(14)21/h1-8H. The van der Waals surface area contributed by atoms with Crippen LogP contribution in [0.4, 0.5) is 0 Å². The van der Waals surface area contributed by atoms with Gasteiger partial charge in [0.05, 0.1) is 16.2 Å². The summed E-state index contributed by atoms with van der Waals surface area (Å²) in [6.45, 7) is 0. The predicted octanol–water partition coefficient (Wildman–Crippen LogP) is 4.44. The van der Waals surface area contributed by atoms with E-state index < -0.39 is 5.63 Å². The van der Waals surface area contributed by atoms with Gasteiger partial charge in [-0.3, -0.25) is 4.57 Å². The smallest absolute Gasteiger partial charge is 0.364 e. The minimum absolute atomic E-state index is 0.259. The average molecular weight is 331 g/mol. The first kappa shape index (κ1) is 13.4. The first-order valence-electron chi connectivity index (χ1n) is 6.49. The molecule has 0 spiro atoms. The Labute approximate surface area is 134 Å². The van der Waals surface area contributed by atoms with Gasteiger partial charge in [0.15, 0.2) is 5.52 Å². The highest BCUT2D eigenvalue weighted by atomic mass is 35.5. The number of para-hydroxylation sites is 1. The van der Waals surface area contributed by atoms with Crippen LogP contribution in [0.3, 0.4) is 0 Å². The van der Waals surface area contributed by atoms with Crippen LogP contribution in [0.15, 0.2) is 58.0 Å². The average Bonchev–Trinajstić information content (AvgIpc) is 2.95. The van der Waals surface area contributed by atoms with Crippen LogP contribution in [0, 0.1) is 0 Å². The van der Waals surface area contributed by atoms with E-state index in [4.69, 9.17) is 27.6 Å². The molecule has 0 saturated heterocycles. The van der Waals surface area contributed by atoms with Crippen molar-refractivity contribution < 1.29 is 4.42 Å². The third-order valence-corrected chi connectivity index (χ3v) is 4.03. The summed E-state index contributed by atoms with van der Waals surface area (Å²) >= 11 is 12.3. The fourth-order valence-electron chi connectivity index (χ4n) is 2.51. The number of aromatic nitrogens is 2. The largest absolute Gasteiger partial charge is 0.421 e. The maximum atomic E-state index is 12.1. The quantitative estimate of drug-likeness (QED) is 0.485. The van der Waals surface area contributed by atoms with Crippen LogP contribution in [0.5, 0.6) is 0 Å². The highest BCUT2D eigenvalue weighted by molar-refractivity contribution is 6.34. The second kappa shape index (κ2) is 4.87. The van der Waals surface area contributed by atoms with Gasteiger partial charge in [-0.05, 0) is 30.3 Å². The molecule has 6 heteroatoms. The predicted molar refractivity (Wildman–Crippen MR) is 87.1 cm³/mol. The third kappa shape index (κ3) is 1.92. The normalized spacial score (nSPS) is 11.4. The van der Waals surface area contributed by atoms with Crippen LogP contribution < -0.4 is 5.63 Å². The molecule has 4 aromatic rings. The molecule has 0 atom stereocenters. The Balaban J connectivity index is 2.20. The first-order valence-corrected chi connectivity index (χ1v) is 7.25. The maximum Gasteiger partial charge on any atom is 0.364 e. The van der Waals surface area contributed by atoms with E-state index >= 15 is 0 Å². The second-order valence-electron chi connectivity index (χ2n) is 4.79. The van der Waals surface area contributed by atoms with Crippen LogP contribution in [0.1, 0.15) is 0 Å². The van der Waals surface area contributed by atoms with Gasteiger partial charge in [0.2, 0.25) is 0 Å². The second-order valence-corrected chi connectivity index (χ2v) is 5.64. The number of nitrogens with zero attached hydrogens (tertiary/aromatic N) is 2. The molecule has 0 radical (unpaired) electrons. The molecule has 2 aromatic carbocycles. The molecule has 0 aliphatic rings. The number of hydrogen-bond donors (Lipinski definition) is 0. The van der Waals surface area contributed by atoms with Crippen molar-refractivity contribution in [1.82, 2.24) is 9.55 Å². The SMILES string of the molecule is O=c1oc2ccccc2c2c1ncn2-c1cc(Cl)ccc1Cl. The summed E-state index contributed by atoms with van der Waals surface area (Å²) in [4.78, 5) is 16.3. The zero-order valence-electron chi connectivity index (χ0n) is 11.1. The van der Waals surface area contributed by atoms with E-state index in [1.165, 1.54) is 0 Å². The molecule has 0 saturated carbocycles. The highest BCUT2D eigenvalue weighted by Gasteiger charge is 2.15. The molecule has 0 N–H and O–H groups in total. The summed E-state index contributed by atoms with van der Waals surface area (Å²) < 4.78 is 7.04. The lowest BCUT2D eigenvalue weighted by Gasteiger charge is -2.08. The number of rotatable bonds is 1. The van der Waals surface area contributed by atoms with E-state index in [0.29, 0.717) is 26.8 Å². The number of hydrogen-bond acceptors (Lipinski definition) is 3. The Morgan fingerprint density at radius 3 is 2.77 bits per heavy atom. The van der Waals surface area contributed by atoms with E-state index in [0.717, 1.165) is 5.39 Å². The molecule has 0 fully saturated rings. The van der Waals surface area contributed by atoms with Gasteiger partial charge in [-0.2, -0.15) is 0 Å². The number of benzene rings is 2. The van der Waals surface area contributed by atoms with Crippen molar-refractivity contribution in [2.75, 3.05) is 0 Å². The fourth-order valence-corrected chi connectivity index (χ4v) is 2.88. The van der Waals surface area contributed by atoms with Crippen molar-refractivity contribution in [3.05, 3.63) is 69.3 Å². The molecular formula is C16H8Cl2N2O2. The summed E-state index contributed by atoms with van der Waals surface area (Å²) in [5, 5.41) is 1.85. The highest BCUT2D eigenvalue weighted by Crippen LogP contribution is 2.29. The van der Waals surface area contributed by atoms with Crippen LogP contribution in [-0.2, 0) is 0 Å². The lowest BCUT2D eigenvalue weighted by atomic mass is 10.2. The van der Waals surface area contributed by atoms with Gasteiger partial charge in [0.25, 0.3) is 0 Å². The molecular weight excluding hydrogens is 323 g/mol. The Morgan fingerprint density at radius 1 is 1.09 bits per heavy atom. The van der Waals surface area contributed by atoms with Crippen molar-refractivity contribution in [1.29, 1.82) is 0 Å². The van der Waals surface area contributed by atoms with E-state index in [2.05, 4.69) is 4.98 Å². The summed E-state index contributed by atoms with van der Waals surface area (Å²) in [5.74, 6) is 0. The molecule has 0 aliphatic heterocycles. The summed E-state index contributed by atoms with van der Waals surface area (Å²) in [5.41, 5.74) is 1.59. The van der Waals surface area contributed by atoms with Gasteiger partial charge in [0, 0.05) is 10.4 Å². The van der Waals surface area contributed by atoms with Crippen molar-refractivity contribution in [3.8, 4) is 5.69 Å². The van der Waals surface area contributed by atoms with Gasteiger partial charge in [-0.25, -0.2) is 9.78 Å². The van der Waals surface area contributed by atoms with E-state index in [9.17, 15) is 4.79 Å². The molecule has 0 amide bonds. The van der Waals surface area contributed by atoms with Gasteiger partial charge in [0.1, 0.15) is 11.9 Å². The Bertz CT molecular complexity index is 1080. The Morgan fingerprint density at radius 2 is 1.91 bits per heavy atom.